The lowest BCUT2D eigenvalue weighted by atomic mass is 10.00. The molecule has 5 nitrogen and oxygen atoms in total. The van der Waals surface area contributed by atoms with Crippen LogP contribution in [0.25, 0.3) is 22.5 Å². The molecule has 0 amide bonds. The van der Waals surface area contributed by atoms with Gasteiger partial charge in [-0.3, -0.25) is 10.1 Å². The lowest BCUT2D eigenvalue weighted by Gasteiger charge is -2.03. The minimum atomic E-state index is -0.414. The quantitative estimate of drug-likeness (QED) is 0.532. The third-order valence-electron chi connectivity index (χ3n) is 3.27. The molecule has 0 radical (unpaired) electrons. The maximum Gasteiger partial charge on any atom is 0.269 e. The number of non-ortho nitro benzene ring substituents is 1. The van der Waals surface area contributed by atoms with Crippen LogP contribution in [0.1, 0.15) is 5.69 Å². The highest BCUT2D eigenvalue weighted by atomic mass is 16.6. The second-order valence-electron chi connectivity index (χ2n) is 4.64. The van der Waals surface area contributed by atoms with Gasteiger partial charge in [0.15, 0.2) is 5.76 Å². The average molecular weight is 280 g/mol. The lowest BCUT2D eigenvalue weighted by molar-refractivity contribution is -0.384. The predicted octanol–water partition coefficient (Wildman–Crippen LogP) is 4.23. The zero-order chi connectivity index (χ0) is 14.8. The molecular formula is C16H12N2O3. The number of rotatable bonds is 3. The molecule has 104 valence electrons. The van der Waals surface area contributed by atoms with E-state index in [0.29, 0.717) is 5.76 Å². The van der Waals surface area contributed by atoms with Crippen molar-refractivity contribution in [3.63, 3.8) is 0 Å². The first kappa shape index (κ1) is 13.1. The van der Waals surface area contributed by atoms with Gasteiger partial charge in [0.05, 0.1) is 16.2 Å². The maximum atomic E-state index is 10.7. The Labute approximate surface area is 121 Å². The van der Waals surface area contributed by atoms with E-state index in [-0.39, 0.29) is 5.69 Å². The Morgan fingerprint density at radius 1 is 1.00 bits per heavy atom. The molecule has 0 fully saturated rings. The van der Waals surface area contributed by atoms with E-state index in [0.717, 1.165) is 22.4 Å². The zero-order valence-corrected chi connectivity index (χ0v) is 11.3. The monoisotopic (exact) mass is 280 g/mol. The number of nitrogens with zero attached hydrogens (tertiary/aromatic N) is 2. The summed E-state index contributed by atoms with van der Waals surface area (Å²) in [7, 11) is 0. The van der Waals surface area contributed by atoms with E-state index in [1.54, 1.807) is 12.1 Å². The van der Waals surface area contributed by atoms with E-state index < -0.39 is 4.92 Å². The zero-order valence-electron chi connectivity index (χ0n) is 11.3. The molecule has 21 heavy (non-hydrogen) atoms. The number of nitro groups is 1. The van der Waals surface area contributed by atoms with E-state index in [1.165, 1.54) is 12.1 Å². The average Bonchev–Trinajstić information content (AvgIpc) is 2.90. The Morgan fingerprint density at radius 3 is 2.29 bits per heavy atom. The summed E-state index contributed by atoms with van der Waals surface area (Å²) in [4.78, 5) is 10.3. The number of nitro benzene ring substituents is 1. The first-order valence-corrected chi connectivity index (χ1v) is 6.43. The molecule has 0 spiro atoms. The third kappa shape index (κ3) is 2.41. The van der Waals surface area contributed by atoms with Crippen molar-refractivity contribution in [3.05, 3.63) is 70.4 Å². The Kier molecular flexibility index (Phi) is 3.23. The minimum Gasteiger partial charge on any atom is -0.355 e. The smallest absolute Gasteiger partial charge is 0.269 e. The Morgan fingerprint density at radius 2 is 1.67 bits per heavy atom. The molecule has 3 rings (SSSR count). The van der Waals surface area contributed by atoms with Gasteiger partial charge in [0, 0.05) is 17.7 Å². The van der Waals surface area contributed by atoms with Gasteiger partial charge in [0.25, 0.3) is 5.69 Å². The number of aryl methyl sites for hydroxylation is 1. The molecule has 5 heteroatoms. The molecule has 0 unspecified atom stereocenters. The molecule has 3 aromatic rings. The predicted molar refractivity (Wildman–Crippen MR) is 78.8 cm³/mol. The maximum absolute atomic E-state index is 10.7. The summed E-state index contributed by atoms with van der Waals surface area (Å²) in [6.07, 6.45) is 0. The normalized spacial score (nSPS) is 10.5. The van der Waals surface area contributed by atoms with Crippen LogP contribution in [0, 0.1) is 17.0 Å². The lowest BCUT2D eigenvalue weighted by Crippen LogP contribution is -1.88. The Bertz CT molecular complexity index is 777. The van der Waals surface area contributed by atoms with Crippen molar-refractivity contribution in [3.8, 4) is 22.5 Å². The van der Waals surface area contributed by atoms with Gasteiger partial charge in [-0.15, -0.1) is 0 Å². The van der Waals surface area contributed by atoms with Crippen molar-refractivity contribution in [2.45, 2.75) is 6.92 Å². The molecule has 0 N–H and O–H groups in total. The molecule has 0 saturated carbocycles. The number of aromatic nitrogens is 1. The van der Waals surface area contributed by atoms with Crippen molar-refractivity contribution in [1.82, 2.24) is 5.16 Å². The van der Waals surface area contributed by atoms with Gasteiger partial charge < -0.3 is 4.52 Å². The van der Waals surface area contributed by atoms with Crippen molar-refractivity contribution in [2.24, 2.45) is 0 Å². The van der Waals surface area contributed by atoms with Crippen LogP contribution in [0.5, 0.6) is 0 Å². The highest BCUT2D eigenvalue weighted by Crippen LogP contribution is 2.35. The second-order valence-corrected chi connectivity index (χ2v) is 4.64. The van der Waals surface area contributed by atoms with Gasteiger partial charge in [0.1, 0.15) is 0 Å². The first-order valence-electron chi connectivity index (χ1n) is 6.43. The van der Waals surface area contributed by atoms with E-state index >= 15 is 0 Å². The van der Waals surface area contributed by atoms with E-state index in [1.807, 2.05) is 37.3 Å². The standard InChI is InChI=1S/C16H12N2O3/c1-11-15(12-7-9-14(10-8-12)18(19)20)16(21-17-11)13-5-3-2-4-6-13/h2-10H,1H3. The molecule has 0 aliphatic rings. The summed E-state index contributed by atoms with van der Waals surface area (Å²) in [5.74, 6) is 0.668. The van der Waals surface area contributed by atoms with Gasteiger partial charge >= 0.3 is 0 Å². The van der Waals surface area contributed by atoms with Gasteiger partial charge in [-0.1, -0.05) is 35.5 Å². The summed E-state index contributed by atoms with van der Waals surface area (Å²) in [5, 5.41) is 14.7. The van der Waals surface area contributed by atoms with Crippen LogP contribution in [0.4, 0.5) is 5.69 Å². The Hall–Kier alpha value is -2.95. The second kappa shape index (κ2) is 5.20. The summed E-state index contributed by atoms with van der Waals surface area (Å²) in [6, 6.07) is 16.0. The van der Waals surface area contributed by atoms with Crippen molar-refractivity contribution < 1.29 is 9.45 Å². The largest absolute Gasteiger partial charge is 0.355 e. The van der Waals surface area contributed by atoms with E-state index in [2.05, 4.69) is 5.16 Å². The van der Waals surface area contributed by atoms with Crippen LogP contribution >= 0.6 is 0 Å². The van der Waals surface area contributed by atoms with Gasteiger partial charge in [-0.05, 0) is 24.6 Å². The fourth-order valence-corrected chi connectivity index (χ4v) is 2.25. The van der Waals surface area contributed by atoms with Gasteiger partial charge in [-0.25, -0.2) is 0 Å². The van der Waals surface area contributed by atoms with Crippen LogP contribution in [0.3, 0.4) is 0 Å². The van der Waals surface area contributed by atoms with Crippen LogP contribution in [-0.4, -0.2) is 10.1 Å². The topological polar surface area (TPSA) is 69.2 Å². The molecule has 0 atom stereocenters. The molecule has 0 aliphatic heterocycles. The van der Waals surface area contributed by atoms with Crippen molar-refractivity contribution in [2.75, 3.05) is 0 Å². The van der Waals surface area contributed by atoms with E-state index in [9.17, 15) is 10.1 Å². The van der Waals surface area contributed by atoms with Crippen molar-refractivity contribution in [1.29, 1.82) is 0 Å². The summed E-state index contributed by atoms with van der Waals surface area (Å²) in [5.41, 5.74) is 3.44. The Balaban J connectivity index is 2.10. The van der Waals surface area contributed by atoms with Gasteiger partial charge in [0.2, 0.25) is 0 Å². The number of hydrogen-bond donors (Lipinski definition) is 0. The molecule has 1 heterocycles. The summed E-state index contributed by atoms with van der Waals surface area (Å²) < 4.78 is 5.43. The molecule has 0 saturated heterocycles. The minimum absolute atomic E-state index is 0.0640. The van der Waals surface area contributed by atoms with Crippen molar-refractivity contribution >= 4 is 5.69 Å². The fourth-order valence-electron chi connectivity index (χ4n) is 2.25. The highest BCUT2D eigenvalue weighted by molar-refractivity contribution is 5.81. The van der Waals surface area contributed by atoms with Crippen LogP contribution in [0.15, 0.2) is 59.1 Å². The molecule has 0 bridgehead atoms. The van der Waals surface area contributed by atoms with Gasteiger partial charge in [-0.2, -0.15) is 0 Å². The molecule has 0 aliphatic carbocycles. The SMILES string of the molecule is Cc1noc(-c2ccccc2)c1-c1ccc([N+](=O)[O-])cc1. The van der Waals surface area contributed by atoms with E-state index in [4.69, 9.17) is 4.52 Å². The van der Waals surface area contributed by atoms with Crippen LogP contribution in [0.2, 0.25) is 0 Å². The fraction of sp³-hybridized carbons (Fsp3) is 0.0625. The molecule has 2 aromatic carbocycles. The summed E-state index contributed by atoms with van der Waals surface area (Å²) in [6.45, 7) is 1.85. The first-order chi connectivity index (χ1) is 10.2. The number of benzene rings is 2. The number of hydrogen-bond acceptors (Lipinski definition) is 4. The van der Waals surface area contributed by atoms with Crippen LogP contribution < -0.4 is 0 Å². The summed E-state index contributed by atoms with van der Waals surface area (Å²) >= 11 is 0. The molecule has 1 aromatic heterocycles. The van der Waals surface area contributed by atoms with Crippen LogP contribution in [-0.2, 0) is 0 Å². The third-order valence-corrected chi connectivity index (χ3v) is 3.27. The highest BCUT2D eigenvalue weighted by Gasteiger charge is 2.17. The molecular weight excluding hydrogens is 268 g/mol.